The number of phenolic OH excluding ortho intramolecular Hbond substituents is 1. The van der Waals surface area contributed by atoms with E-state index in [0.717, 1.165) is 18.2 Å². The van der Waals surface area contributed by atoms with Gasteiger partial charge in [0.05, 0.1) is 29.7 Å². The quantitative estimate of drug-likeness (QED) is 0.0606. The fourth-order valence-electron chi connectivity index (χ4n) is 4.61. The van der Waals surface area contributed by atoms with E-state index >= 15 is 0 Å². The lowest BCUT2D eigenvalue weighted by Crippen LogP contribution is -2.33. The minimum atomic E-state index is -5.09. The lowest BCUT2D eigenvalue weighted by molar-refractivity contribution is 0.405. The van der Waals surface area contributed by atoms with E-state index in [4.69, 9.17) is 15.2 Å². The van der Waals surface area contributed by atoms with Crippen molar-refractivity contribution in [1.82, 2.24) is 4.72 Å². The predicted octanol–water partition coefficient (Wildman–Crippen LogP) is 5.94. The van der Waals surface area contributed by atoms with Gasteiger partial charge in [0, 0.05) is 29.2 Å². The molecular formula is C29H32N6O11S3. The number of sulfonamides is 1. The molecule has 0 aromatic heterocycles. The molecule has 0 aliphatic heterocycles. The van der Waals surface area contributed by atoms with Crippen molar-refractivity contribution in [2.75, 3.05) is 20.0 Å². The molecule has 4 rings (SSSR count). The van der Waals surface area contributed by atoms with Gasteiger partial charge in [-0.25, -0.2) is 13.1 Å². The summed E-state index contributed by atoms with van der Waals surface area (Å²) in [6.45, 7) is 3.78. The Kier molecular flexibility index (Phi) is 10.9. The van der Waals surface area contributed by atoms with E-state index in [9.17, 15) is 39.5 Å². The van der Waals surface area contributed by atoms with Gasteiger partial charge in [0.15, 0.2) is 5.75 Å². The molecule has 6 N–H and O–H groups in total. The van der Waals surface area contributed by atoms with Crippen LogP contribution in [-0.4, -0.2) is 59.7 Å². The Morgan fingerprint density at radius 3 is 1.80 bits per heavy atom. The number of aromatic hydroxyl groups is 1. The van der Waals surface area contributed by atoms with Crippen LogP contribution in [0.2, 0.25) is 0 Å². The number of benzene rings is 4. The van der Waals surface area contributed by atoms with Crippen molar-refractivity contribution >= 4 is 69.5 Å². The van der Waals surface area contributed by atoms with Crippen LogP contribution in [0.5, 0.6) is 17.2 Å². The summed E-state index contributed by atoms with van der Waals surface area (Å²) >= 11 is 0. The predicted molar refractivity (Wildman–Crippen MR) is 179 cm³/mol. The van der Waals surface area contributed by atoms with Crippen LogP contribution in [0.1, 0.15) is 26.7 Å². The van der Waals surface area contributed by atoms with Crippen LogP contribution >= 0.6 is 0 Å². The number of nitrogen functional groups attached to an aromatic ring is 1. The number of azo groups is 2. The molecule has 0 unspecified atom stereocenters. The summed E-state index contributed by atoms with van der Waals surface area (Å²) in [5.41, 5.74) is 5.23. The summed E-state index contributed by atoms with van der Waals surface area (Å²) in [5, 5.41) is 26.6. The standard InChI is InChI=1S/C29H32N6O11S3/c1-5-17(6-2)35-47(37,38)19-9-7-18(8-10-19)31-32-22-14-25(46-4)23(15-24(22)45-3)33-34-28-26(49(42,43)44)12-16-11-20(48(39,40)41)13-21(30)27(16)29(28)36/h7-15,17,35-36H,5-6,30H2,1-4H3,(H,39,40,41)(H,42,43,44). The number of hydrogen-bond donors (Lipinski definition) is 5. The van der Waals surface area contributed by atoms with Crippen LogP contribution in [-0.2, 0) is 30.3 Å². The highest BCUT2D eigenvalue weighted by Crippen LogP contribution is 2.46. The molecule has 0 atom stereocenters. The van der Waals surface area contributed by atoms with Crippen molar-refractivity contribution in [2.45, 2.75) is 47.4 Å². The van der Waals surface area contributed by atoms with Crippen LogP contribution in [0.25, 0.3) is 10.8 Å². The van der Waals surface area contributed by atoms with Crippen molar-refractivity contribution in [2.24, 2.45) is 20.5 Å². The normalized spacial score (nSPS) is 12.8. The molecule has 4 aromatic carbocycles. The average molecular weight is 737 g/mol. The fourth-order valence-corrected chi connectivity index (χ4v) is 7.22. The lowest BCUT2D eigenvalue weighted by atomic mass is 10.1. The number of nitrogens with two attached hydrogens (primary N) is 1. The van der Waals surface area contributed by atoms with Gasteiger partial charge in [0.25, 0.3) is 20.2 Å². The summed E-state index contributed by atoms with van der Waals surface area (Å²) in [6.07, 6.45) is 1.28. The molecule has 0 heterocycles. The molecule has 0 bridgehead atoms. The van der Waals surface area contributed by atoms with E-state index in [1.807, 2.05) is 13.8 Å². The largest absolute Gasteiger partial charge is 0.505 e. The molecule has 17 nitrogen and oxygen atoms in total. The van der Waals surface area contributed by atoms with E-state index in [0.29, 0.717) is 18.5 Å². The molecule has 0 amide bonds. The third-order valence-electron chi connectivity index (χ3n) is 7.20. The molecule has 49 heavy (non-hydrogen) atoms. The van der Waals surface area contributed by atoms with Crippen molar-refractivity contribution < 1.29 is 48.9 Å². The lowest BCUT2D eigenvalue weighted by Gasteiger charge is -2.14. The second-order valence-corrected chi connectivity index (χ2v) is 14.9. The van der Waals surface area contributed by atoms with Crippen LogP contribution in [0, 0.1) is 0 Å². The molecule has 0 fully saturated rings. The number of rotatable bonds is 13. The van der Waals surface area contributed by atoms with Crippen LogP contribution in [0.3, 0.4) is 0 Å². The van der Waals surface area contributed by atoms with Crippen molar-refractivity contribution in [3.05, 3.63) is 54.6 Å². The van der Waals surface area contributed by atoms with Crippen molar-refractivity contribution in [3.8, 4) is 17.2 Å². The Balaban J connectivity index is 1.72. The number of nitrogens with zero attached hydrogens (tertiary/aromatic N) is 4. The molecule has 0 aliphatic carbocycles. The highest BCUT2D eigenvalue weighted by molar-refractivity contribution is 7.89. The zero-order valence-electron chi connectivity index (χ0n) is 26.4. The topological polar surface area (TPSA) is 269 Å². The first-order valence-electron chi connectivity index (χ1n) is 14.2. The van der Waals surface area contributed by atoms with Gasteiger partial charge in [0.2, 0.25) is 10.0 Å². The third kappa shape index (κ3) is 8.29. The SMILES string of the molecule is CCC(CC)NS(=O)(=O)c1ccc(N=Nc2cc(OC)c(N=Nc3c(S(=O)(=O)O)cc4cc(S(=O)(=O)O)cc(N)c4c3O)cc2OC)cc1. The summed E-state index contributed by atoms with van der Waals surface area (Å²) in [5.74, 6) is -0.722. The maximum atomic E-state index is 12.7. The van der Waals surface area contributed by atoms with Crippen LogP contribution in [0.15, 0.2) is 89.7 Å². The minimum Gasteiger partial charge on any atom is -0.505 e. The number of phenols is 1. The van der Waals surface area contributed by atoms with E-state index in [-0.39, 0.29) is 50.3 Å². The average Bonchev–Trinajstić information content (AvgIpc) is 3.04. The van der Waals surface area contributed by atoms with Gasteiger partial charge < -0.3 is 20.3 Å². The van der Waals surface area contributed by atoms with E-state index in [2.05, 4.69) is 25.2 Å². The van der Waals surface area contributed by atoms with Gasteiger partial charge in [-0.2, -0.15) is 21.9 Å². The second-order valence-electron chi connectivity index (χ2n) is 10.4. The summed E-state index contributed by atoms with van der Waals surface area (Å²) in [4.78, 5) is -1.57. The number of ether oxygens (including phenoxy) is 2. The number of anilines is 1. The zero-order valence-corrected chi connectivity index (χ0v) is 28.8. The minimum absolute atomic E-state index is 0.0402. The maximum Gasteiger partial charge on any atom is 0.296 e. The van der Waals surface area contributed by atoms with Crippen molar-refractivity contribution in [1.29, 1.82) is 0 Å². The van der Waals surface area contributed by atoms with E-state index < -0.39 is 51.5 Å². The molecule has 262 valence electrons. The van der Waals surface area contributed by atoms with Crippen molar-refractivity contribution in [3.63, 3.8) is 0 Å². The van der Waals surface area contributed by atoms with Crippen LogP contribution < -0.4 is 19.9 Å². The summed E-state index contributed by atoms with van der Waals surface area (Å²) in [6, 6.07) is 10.7. The second kappa shape index (κ2) is 14.4. The Morgan fingerprint density at radius 2 is 1.31 bits per heavy atom. The molecule has 0 spiro atoms. The zero-order chi connectivity index (χ0) is 36.3. The molecule has 0 saturated heterocycles. The molecule has 0 saturated carbocycles. The summed E-state index contributed by atoms with van der Waals surface area (Å²) in [7, 11) is -11.0. The molecular weight excluding hydrogens is 705 g/mol. The Morgan fingerprint density at radius 1 is 0.755 bits per heavy atom. The first-order chi connectivity index (χ1) is 22.9. The summed E-state index contributed by atoms with van der Waals surface area (Å²) < 4.78 is 106. The fraction of sp³-hybridized carbons (Fsp3) is 0.241. The maximum absolute atomic E-state index is 12.7. The smallest absolute Gasteiger partial charge is 0.296 e. The van der Waals surface area contributed by atoms with Gasteiger partial charge in [0.1, 0.15) is 33.5 Å². The van der Waals surface area contributed by atoms with Crippen LogP contribution in [0.4, 0.5) is 28.4 Å². The Bertz CT molecular complexity index is 2290. The molecule has 20 heteroatoms. The highest BCUT2D eigenvalue weighted by Gasteiger charge is 2.25. The highest BCUT2D eigenvalue weighted by atomic mass is 32.2. The van der Waals surface area contributed by atoms with Gasteiger partial charge in [-0.05, 0) is 60.7 Å². The molecule has 0 aliphatic rings. The number of methoxy groups -OCH3 is 2. The molecule has 4 aromatic rings. The third-order valence-corrected chi connectivity index (χ3v) is 10.4. The Labute approximate surface area is 282 Å². The number of fused-ring (bicyclic) bond motifs is 1. The number of hydrogen-bond acceptors (Lipinski definition) is 14. The van der Waals surface area contributed by atoms with Gasteiger partial charge in [-0.15, -0.1) is 15.3 Å². The van der Waals surface area contributed by atoms with E-state index in [1.54, 1.807) is 0 Å². The Hall–Kier alpha value is -4.73. The first kappa shape index (κ1) is 37.1. The van der Waals surface area contributed by atoms with E-state index in [1.165, 1.54) is 50.6 Å². The van der Waals surface area contributed by atoms with Gasteiger partial charge >= 0.3 is 0 Å². The molecule has 0 radical (unpaired) electrons. The van der Waals surface area contributed by atoms with Gasteiger partial charge in [-0.3, -0.25) is 9.11 Å². The first-order valence-corrected chi connectivity index (χ1v) is 18.6. The van der Waals surface area contributed by atoms with Gasteiger partial charge in [-0.1, -0.05) is 13.8 Å². The number of nitrogens with one attached hydrogen (secondary N) is 1. The monoisotopic (exact) mass is 736 g/mol.